The summed E-state index contributed by atoms with van der Waals surface area (Å²) < 4.78 is 4.88. The summed E-state index contributed by atoms with van der Waals surface area (Å²) in [4.78, 5) is 4.83. The van der Waals surface area contributed by atoms with Crippen LogP contribution in [-0.2, 0) is 14.1 Å². The van der Waals surface area contributed by atoms with Gasteiger partial charge in [-0.1, -0.05) is 101 Å². The van der Waals surface area contributed by atoms with Gasteiger partial charge in [-0.05, 0) is 118 Å². The molecule has 0 bridgehead atoms. The molecular formula is C52H46N4. The summed E-state index contributed by atoms with van der Waals surface area (Å²) in [6.07, 6.45) is 6.68. The van der Waals surface area contributed by atoms with Crippen LogP contribution in [0.3, 0.4) is 0 Å². The van der Waals surface area contributed by atoms with E-state index in [1.54, 1.807) is 0 Å². The molecule has 9 aromatic rings. The average Bonchev–Trinajstić information content (AvgIpc) is 3.68. The highest BCUT2D eigenvalue weighted by atomic mass is 15.2. The highest BCUT2D eigenvalue weighted by Gasteiger charge is 2.24. The summed E-state index contributed by atoms with van der Waals surface area (Å²) in [5, 5.41) is 7.72. The van der Waals surface area contributed by atoms with Crippen molar-refractivity contribution in [2.45, 2.75) is 40.5 Å². The zero-order chi connectivity index (χ0) is 38.2. The molecule has 274 valence electrons. The molecule has 10 rings (SSSR count). The van der Waals surface area contributed by atoms with Crippen LogP contribution in [0.5, 0.6) is 0 Å². The highest BCUT2D eigenvalue weighted by molar-refractivity contribution is 6.36. The first-order valence-electron chi connectivity index (χ1n) is 19.8. The Morgan fingerprint density at radius 3 is 1.25 bits per heavy atom. The largest absolute Gasteiger partial charge is 0.342 e. The SMILES string of the molecule is CC1=CC=C(N(c2ccc(C)cc2)c2ccc3c4c5ccccc5c5c6ccc(N(c7ccc(C)cc7)c7ccc(C)cc7)cc6n(C)c5c4n(C)c3c2)CC1. The van der Waals surface area contributed by atoms with Crippen LogP contribution >= 0.6 is 0 Å². The van der Waals surface area contributed by atoms with Crippen molar-refractivity contribution in [1.82, 2.24) is 9.13 Å². The Bertz CT molecular complexity index is 3020. The Balaban J connectivity index is 1.23. The molecule has 0 fully saturated rings. The summed E-state index contributed by atoms with van der Waals surface area (Å²) in [5.74, 6) is 0. The molecule has 4 nitrogen and oxygen atoms in total. The van der Waals surface area contributed by atoms with E-state index in [0.29, 0.717) is 0 Å². The van der Waals surface area contributed by atoms with Crippen molar-refractivity contribution < 1.29 is 0 Å². The molecule has 4 heteroatoms. The maximum atomic E-state index is 2.46. The molecule has 2 heterocycles. The molecule has 0 atom stereocenters. The number of allylic oxidation sites excluding steroid dienone is 4. The second kappa shape index (κ2) is 13.1. The summed E-state index contributed by atoms with van der Waals surface area (Å²) in [7, 11) is 4.50. The van der Waals surface area contributed by atoms with Gasteiger partial charge in [-0.15, -0.1) is 0 Å². The number of aryl methyl sites for hydroxylation is 5. The van der Waals surface area contributed by atoms with Crippen molar-refractivity contribution in [1.29, 1.82) is 0 Å². The first-order valence-corrected chi connectivity index (χ1v) is 19.8. The van der Waals surface area contributed by atoms with Gasteiger partial charge in [-0.25, -0.2) is 0 Å². The lowest BCUT2D eigenvalue weighted by molar-refractivity contribution is 0.874. The van der Waals surface area contributed by atoms with Gasteiger partial charge < -0.3 is 18.9 Å². The molecule has 0 N–H and O–H groups in total. The van der Waals surface area contributed by atoms with Crippen molar-refractivity contribution in [3.8, 4) is 0 Å². The minimum Gasteiger partial charge on any atom is -0.342 e. The Hall–Kier alpha value is -6.52. The predicted octanol–water partition coefficient (Wildman–Crippen LogP) is 14.3. The van der Waals surface area contributed by atoms with E-state index in [2.05, 4.69) is 206 Å². The molecule has 7 aromatic carbocycles. The van der Waals surface area contributed by atoms with E-state index in [0.717, 1.165) is 29.9 Å². The summed E-state index contributed by atoms with van der Waals surface area (Å²) in [6.45, 7) is 8.68. The van der Waals surface area contributed by atoms with Gasteiger partial charge in [0.1, 0.15) is 0 Å². The number of rotatable bonds is 6. The topological polar surface area (TPSA) is 16.3 Å². The number of aromatic nitrogens is 2. The average molecular weight is 727 g/mol. The third-order valence-corrected chi connectivity index (χ3v) is 12.1. The van der Waals surface area contributed by atoms with Gasteiger partial charge in [0.2, 0.25) is 0 Å². The van der Waals surface area contributed by atoms with Crippen LogP contribution in [-0.4, -0.2) is 9.13 Å². The molecule has 0 radical (unpaired) electrons. The zero-order valence-electron chi connectivity index (χ0n) is 33.1. The third-order valence-electron chi connectivity index (χ3n) is 12.1. The Labute approximate surface area is 328 Å². The predicted molar refractivity (Wildman–Crippen MR) is 240 cm³/mol. The fourth-order valence-corrected chi connectivity index (χ4v) is 9.07. The summed E-state index contributed by atoms with van der Waals surface area (Å²) >= 11 is 0. The van der Waals surface area contributed by atoms with Gasteiger partial charge in [0.15, 0.2) is 0 Å². The van der Waals surface area contributed by atoms with Crippen LogP contribution in [0.25, 0.3) is 54.4 Å². The van der Waals surface area contributed by atoms with Gasteiger partial charge >= 0.3 is 0 Å². The lowest BCUT2D eigenvalue weighted by Gasteiger charge is -2.29. The van der Waals surface area contributed by atoms with Crippen molar-refractivity contribution in [3.63, 3.8) is 0 Å². The van der Waals surface area contributed by atoms with Crippen molar-refractivity contribution in [2.75, 3.05) is 9.80 Å². The van der Waals surface area contributed by atoms with E-state index in [1.165, 1.54) is 93.7 Å². The van der Waals surface area contributed by atoms with Gasteiger partial charge in [-0.2, -0.15) is 0 Å². The van der Waals surface area contributed by atoms with E-state index < -0.39 is 0 Å². The van der Waals surface area contributed by atoms with Crippen LogP contribution in [0.4, 0.5) is 28.4 Å². The molecule has 0 saturated carbocycles. The zero-order valence-corrected chi connectivity index (χ0v) is 33.1. The number of hydrogen-bond acceptors (Lipinski definition) is 2. The van der Waals surface area contributed by atoms with Crippen LogP contribution in [0.2, 0.25) is 0 Å². The lowest BCUT2D eigenvalue weighted by Crippen LogP contribution is -2.17. The van der Waals surface area contributed by atoms with E-state index in [-0.39, 0.29) is 0 Å². The summed E-state index contributed by atoms with van der Waals surface area (Å²) in [5.41, 5.74) is 17.3. The standard InChI is InChI=1S/C52H46N4/c1-33-11-19-37(20-12-33)55(38-21-13-34(2)14-22-38)41-27-29-45-47(31-41)53(5)51-49(45)43-9-7-8-10-44(43)50-46-30-28-42(32-48(46)54(6)52(50)51)56(39-23-15-35(3)16-24-39)40-25-17-36(4)18-26-40/h7-17,19-25,27-32H,18,26H2,1-6H3. The van der Waals surface area contributed by atoms with Gasteiger partial charge in [0.25, 0.3) is 0 Å². The molecule has 2 aromatic heterocycles. The van der Waals surface area contributed by atoms with E-state index >= 15 is 0 Å². The number of fused-ring (bicyclic) bond motifs is 10. The van der Waals surface area contributed by atoms with Crippen LogP contribution in [0.1, 0.15) is 36.5 Å². The second-order valence-electron chi connectivity index (χ2n) is 15.9. The van der Waals surface area contributed by atoms with Gasteiger partial charge in [0.05, 0.1) is 22.1 Å². The second-order valence-corrected chi connectivity index (χ2v) is 15.9. The minimum atomic E-state index is 1.01. The third kappa shape index (κ3) is 5.35. The fraction of sp³-hybridized carbons (Fsp3) is 0.154. The monoisotopic (exact) mass is 726 g/mol. The molecular weight excluding hydrogens is 681 g/mol. The van der Waals surface area contributed by atoms with Crippen LogP contribution < -0.4 is 9.80 Å². The van der Waals surface area contributed by atoms with Crippen LogP contribution in [0.15, 0.2) is 157 Å². The van der Waals surface area contributed by atoms with E-state index in [9.17, 15) is 0 Å². The van der Waals surface area contributed by atoms with E-state index in [4.69, 9.17) is 0 Å². The number of benzene rings is 7. The number of anilines is 5. The quantitative estimate of drug-likeness (QED) is 0.170. The Morgan fingerprint density at radius 1 is 0.411 bits per heavy atom. The summed E-state index contributed by atoms with van der Waals surface area (Å²) in [6, 6.07) is 49.8. The maximum absolute atomic E-state index is 2.46. The minimum absolute atomic E-state index is 1.01. The molecule has 0 spiro atoms. The Kier molecular flexibility index (Phi) is 7.93. The first kappa shape index (κ1) is 34.0. The van der Waals surface area contributed by atoms with E-state index in [1.807, 2.05) is 0 Å². The fourth-order valence-electron chi connectivity index (χ4n) is 9.07. The molecule has 0 saturated heterocycles. The molecule has 56 heavy (non-hydrogen) atoms. The molecule has 0 aliphatic heterocycles. The van der Waals surface area contributed by atoms with Gasteiger partial charge in [-0.3, -0.25) is 0 Å². The molecule has 1 aliphatic carbocycles. The van der Waals surface area contributed by atoms with Crippen molar-refractivity contribution >= 4 is 82.8 Å². The number of hydrogen-bond donors (Lipinski definition) is 0. The lowest BCUT2D eigenvalue weighted by atomic mass is 9.98. The smallest absolute Gasteiger partial charge is 0.0742 e. The maximum Gasteiger partial charge on any atom is 0.0742 e. The van der Waals surface area contributed by atoms with Crippen molar-refractivity contribution in [3.05, 3.63) is 174 Å². The molecule has 0 amide bonds. The van der Waals surface area contributed by atoms with Crippen molar-refractivity contribution in [2.24, 2.45) is 14.1 Å². The van der Waals surface area contributed by atoms with Gasteiger partial charge in [0, 0.05) is 69.8 Å². The first-order chi connectivity index (χ1) is 27.2. The van der Waals surface area contributed by atoms with Crippen LogP contribution in [0, 0.1) is 20.8 Å². The normalized spacial score (nSPS) is 13.2. The highest BCUT2D eigenvalue weighted by Crippen LogP contribution is 2.47. The molecule has 0 unspecified atom stereocenters. The molecule has 1 aliphatic rings. The number of nitrogens with zero attached hydrogens (tertiary/aromatic N) is 4. The Morgan fingerprint density at radius 2 is 0.821 bits per heavy atom.